The number of fused-ring (bicyclic) bond motifs is 1. The minimum atomic E-state index is 0.315. The highest BCUT2D eigenvalue weighted by molar-refractivity contribution is 6.35. The predicted octanol–water partition coefficient (Wildman–Crippen LogP) is 6.07. The van der Waals surface area contributed by atoms with Crippen LogP contribution < -0.4 is 4.74 Å². The average molecular weight is 339 g/mol. The summed E-state index contributed by atoms with van der Waals surface area (Å²) >= 11 is 17.9. The predicted molar refractivity (Wildman–Crippen MR) is 87.8 cm³/mol. The Morgan fingerprint density at radius 2 is 1.81 bits per heavy atom. The fourth-order valence-electron chi connectivity index (χ4n) is 2.03. The summed E-state index contributed by atoms with van der Waals surface area (Å²) in [4.78, 5) is 4.43. The van der Waals surface area contributed by atoms with E-state index in [0.717, 1.165) is 16.5 Å². The molecule has 3 aromatic rings. The fraction of sp³-hybridized carbons (Fsp3) is 0.0625. The monoisotopic (exact) mass is 337 g/mol. The molecule has 0 aliphatic rings. The number of hydrogen-bond donors (Lipinski definition) is 0. The average Bonchev–Trinajstić information content (AvgIpc) is 2.49. The summed E-state index contributed by atoms with van der Waals surface area (Å²) in [7, 11) is 0. The number of pyridine rings is 1. The van der Waals surface area contributed by atoms with Gasteiger partial charge in [0.15, 0.2) is 0 Å². The number of aromatic nitrogens is 1. The maximum atomic E-state index is 6.14. The van der Waals surface area contributed by atoms with Crippen molar-refractivity contribution in [3.63, 3.8) is 0 Å². The molecule has 2 aromatic carbocycles. The van der Waals surface area contributed by atoms with Gasteiger partial charge < -0.3 is 4.74 Å². The number of benzene rings is 2. The van der Waals surface area contributed by atoms with Gasteiger partial charge in [-0.15, -0.1) is 11.6 Å². The van der Waals surface area contributed by atoms with Crippen LogP contribution in [0.4, 0.5) is 0 Å². The topological polar surface area (TPSA) is 22.1 Å². The Balaban J connectivity index is 2.10. The van der Waals surface area contributed by atoms with Crippen molar-refractivity contribution in [1.29, 1.82) is 0 Å². The van der Waals surface area contributed by atoms with Crippen LogP contribution in [0.3, 0.4) is 0 Å². The van der Waals surface area contributed by atoms with Gasteiger partial charge in [-0.3, -0.25) is 0 Å². The van der Waals surface area contributed by atoms with Crippen LogP contribution >= 0.6 is 34.8 Å². The van der Waals surface area contributed by atoms with Crippen LogP contribution in [0.2, 0.25) is 10.0 Å². The molecule has 5 heteroatoms. The minimum absolute atomic E-state index is 0.315. The van der Waals surface area contributed by atoms with E-state index < -0.39 is 0 Å². The van der Waals surface area contributed by atoms with E-state index in [1.54, 1.807) is 18.2 Å². The van der Waals surface area contributed by atoms with Crippen molar-refractivity contribution >= 4 is 45.6 Å². The molecule has 0 saturated carbocycles. The first-order chi connectivity index (χ1) is 10.2. The van der Waals surface area contributed by atoms with Crippen molar-refractivity contribution in [2.24, 2.45) is 0 Å². The van der Waals surface area contributed by atoms with Gasteiger partial charge in [0.05, 0.1) is 16.6 Å². The van der Waals surface area contributed by atoms with E-state index in [4.69, 9.17) is 39.5 Å². The van der Waals surface area contributed by atoms with E-state index in [2.05, 4.69) is 4.98 Å². The number of ether oxygens (including phenoxy) is 1. The highest BCUT2D eigenvalue weighted by Gasteiger charge is 2.10. The largest absolute Gasteiger partial charge is 0.437 e. The quantitative estimate of drug-likeness (QED) is 0.540. The van der Waals surface area contributed by atoms with Gasteiger partial charge >= 0.3 is 0 Å². The molecule has 0 fully saturated rings. The molecule has 1 aromatic heterocycles. The summed E-state index contributed by atoms with van der Waals surface area (Å²) in [5.41, 5.74) is 0.746. The molecule has 106 valence electrons. The fourth-order valence-corrected chi connectivity index (χ4v) is 2.61. The van der Waals surface area contributed by atoms with Crippen LogP contribution in [0.1, 0.15) is 5.69 Å². The van der Waals surface area contributed by atoms with Crippen molar-refractivity contribution < 1.29 is 4.74 Å². The first kappa shape index (κ1) is 14.5. The van der Waals surface area contributed by atoms with Crippen LogP contribution in [0, 0.1) is 0 Å². The molecular formula is C16H10Cl3NO. The lowest BCUT2D eigenvalue weighted by atomic mass is 10.1. The Bertz CT molecular complexity index is 805. The Labute approximate surface area is 137 Å². The maximum absolute atomic E-state index is 6.14. The van der Waals surface area contributed by atoms with Gasteiger partial charge in [-0.2, -0.15) is 0 Å². The number of rotatable bonds is 3. The first-order valence-electron chi connectivity index (χ1n) is 6.25. The molecule has 0 amide bonds. The van der Waals surface area contributed by atoms with Crippen LogP contribution in [0.15, 0.2) is 48.5 Å². The Kier molecular flexibility index (Phi) is 4.20. The van der Waals surface area contributed by atoms with Gasteiger partial charge in [0, 0.05) is 10.4 Å². The Morgan fingerprint density at radius 1 is 1.00 bits per heavy atom. The van der Waals surface area contributed by atoms with Gasteiger partial charge in [-0.1, -0.05) is 41.4 Å². The molecular weight excluding hydrogens is 329 g/mol. The lowest BCUT2D eigenvalue weighted by Crippen LogP contribution is -1.94. The minimum Gasteiger partial charge on any atom is -0.437 e. The van der Waals surface area contributed by atoms with E-state index in [0.29, 0.717) is 27.6 Å². The highest BCUT2D eigenvalue weighted by Crippen LogP contribution is 2.34. The molecule has 0 unspecified atom stereocenters. The molecule has 0 spiro atoms. The van der Waals surface area contributed by atoms with Crippen molar-refractivity contribution in [1.82, 2.24) is 4.98 Å². The molecule has 0 radical (unpaired) electrons. The Hall–Kier alpha value is -1.48. The molecule has 0 bridgehead atoms. The van der Waals surface area contributed by atoms with E-state index in [1.165, 1.54) is 0 Å². The van der Waals surface area contributed by atoms with Crippen molar-refractivity contribution in [3.05, 3.63) is 64.3 Å². The molecule has 21 heavy (non-hydrogen) atoms. The van der Waals surface area contributed by atoms with Gasteiger partial charge in [0.1, 0.15) is 5.75 Å². The van der Waals surface area contributed by atoms with Crippen LogP contribution in [-0.2, 0) is 5.88 Å². The first-order valence-corrected chi connectivity index (χ1v) is 7.54. The molecule has 0 saturated heterocycles. The Morgan fingerprint density at radius 3 is 2.57 bits per heavy atom. The van der Waals surface area contributed by atoms with E-state index >= 15 is 0 Å². The van der Waals surface area contributed by atoms with E-state index in [9.17, 15) is 0 Å². The maximum Gasteiger partial charge on any atom is 0.227 e. The third-order valence-corrected chi connectivity index (χ3v) is 3.80. The highest BCUT2D eigenvalue weighted by atomic mass is 35.5. The SMILES string of the molecule is ClCc1cc2ccccc2c(Oc2ccc(Cl)cc2Cl)n1. The zero-order chi connectivity index (χ0) is 14.8. The lowest BCUT2D eigenvalue weighted by Gasteiger charge is -2.11. The zero-order valence-electron chi connectivity index (χ0n) is 10.8. The van der Waals surface area contributed by atoms with Crippen molar-refractivity contribution in [2.75, 3.05) is 0 Å². The van der Waals surface area contributed by atoms with Crippen LogP contribution in [-0.4, -0.2) is 4.98 Å². The second-order valence-electron chi connectivity index (χ2n) is 4.45. The summed E-state index contributed by atoms with van der Waals surface area (Å²) < 4.78 is 5.86. The van der Waals surface area contributed by atoms with Gasteiger partial charge in [0.25, 0.3) is 0 Å². The molecule has 1 heterocycles. The van der Waals surface area contributed by atoms with Crippen molar-refractivity contribution in [2.45, 2.75) is 5.88 Å². The summed E-state index contributed by atoms with van der Waals surface area (Å²) in [6.45, 7) is 0. The third-order valence-electron chi connectivity index (χ3n) is 3.00. The molecule has 0 aliphatic heterocycles. The van der Waals surface area contributed by atoms with Crippen LogP contribution in [0.5, 0.6) is 11.6 Å². The van der Waals surface area contributed by atoms with Crippen LogP contribution in [0.25, 0.3) is 10.8 Å². The van der Waals surface area contributed by atoms with E-state index in [-0.39, 0.29) is 0 Å². The summed E-state index contributed by atoms with van der Waals surface area (Å²) in [5, 5.41) is 2.91. The summed E-state index contributed by atoms with van der Waals surface area (Å²) in [5.74, 6) is 1.30. The number of hydrogen-bond acceptors (Lipinski definition) is 2. The number of alkyl halides is 1. The second kappa shape index (κ2) is 6.10. The van der Waals surface area contributed by atoms with Gasteiger partial charge in [-0.25, -0.2) is 4.98 Å². The van der Waals surface area contributed by atoms with E-state index in [1.807, 2.05) is 30.3 Å². The molecule has 0 atom stereocenters. The molecule has 2 nitrogen and oxygen atoms in total. The van der Waals surface area contributed by atoms with Gasteiger partial charge in [0.2, 0.25) is 5.88 Å². The summed E-state index contributed by atoms with van der Waals surface area (Å²) in [6, 6.07) is 14.8. The smallest absolute Gasteiger partial charge is 0.227 e. The lowest BCUT2D eigenvalue weighted by molar-refractivity contribution is 0.468. The van der Waals surface area contributed by atoms with Crippen molar-refractivity contribution in [3.8, 4) is 11.6 Å². The standard InChI is InChI=1S/C16H10Cl3NO/c17-9-12-7-10-3-1-2-4-13(10)16(20-12)21-15-6-5-11(18)8-14(15)19/h1-8H,9H2. The number of halogens is 3. The molecule has 0 N–H and O–H groups in total. The summed E-state index contributed by atoms with van der Waals surface area (Å²) in [6.07, 6.45) is 0. The molecule has 3 rings (SSSR count). The normalized spacial score (nSPS) is 10.8. The number of nitrogens with zero attached hydrogens (tertiary/aromatic N) is 1. The molecule has 0 aliphatic carbocycles. The third kappa shape index (κ3) is 3.08. The van der Waals surface area contributed by atoms with Gasteiger partial charge in [-0.05, 0) is 35.7 Å². The second-order valence-corrected chi connectivity index (χ2v) is 5.56. The zero-order valence-corrected chi connectivity index (χ0v) is 13.1.